The van der Waals surface area contributed by atoms with Crippen molar-refractivity contribution in [2.45, 2.75) is 6.48 Å². The number of phenols is 2. The molecule has 25 heavy (non-hydrogen) atoms. The lowest BCUT2D eigenvalue weighted by Gasteiger charge is -2.16. The third kappa shape index (κ3) is 4.08. The van der Waals surface area contributed by atoms with Gasteiger partial charge in [-0.1, -0.05) is 0 Å². The van der Waals surface area contributed by atoms with E-state index in [0.717, 1.165) is 12.1 Å². The zero-order valence-corrected chi connectivity index (χ0v) is 13.7. The molecule has 9 nitrogen and oxygen atoms in total. The van der Waals surface area contributed by atoms with Crippen LogP contribution in [0.25, 0.3) is 0 Å². The van der Waals surface area contributed by atoms with Crippen LogP contribution in [0.5, 0.6) is 46.0 Å². The number of aliphatic hydroxyl groups excluding tert-OH is 1. The van der Waals surface area contributed by atoms with Crippen LogP contribution in [0, 0.1) is 0 Å². The molecule has 2 aromatic rings. The van der Waals surface area contributed by atoms with E-state index < -0.39 is 18.0 Å². The molecule has 4 N–H and O–H groups in total. The number of ether oxygens (including phenoxy) is 5. The Morgan fingerprint density at radius 3 is 1.64 bits per heavy atom. The summed E-state index contributed by atoms with van der Waals surface area (Å²) in [5, 5.41) is 37.5. The molecule has 0 saturated heterocycles. The summed E-state index contributed by atoms with van der Waals surface area (Å²) in [4.78, 5) is 0. The van der Waals surface area contributed by atoms with E-state index in [1.807, 2.05) is 0 Å². The zero-order valence-electron chi connectivity index (χ0n) is 13.7. The lowest BCUT2D eigenvalue weighted by atomic mass is 10.2. The summed E-state index contributed by atoms with van der Waals surface area (Å²) in [6.45, 7) is -2.10. The van der Waals surface area contributed by atoms with E-state index in [1.165, 1.54) is 33.5 Å². The Morgan fingerprint density at radius 1 is 0.720 bits per heavy atom. The summed E-state index contributed by atoms with van der Waals surface area (Å²) in [7, 11) is 4.32. The maximum absolute atomic E-state index is 9.98. The molecular formula is C16H18O9. The Morgan fingerprint density at radius 2 is 1.24 bits per heavy atom. The van der Waals surface area contributed by atoms with Gasteiger partial charge in [-0.25, -0.2) is 0 Å². The average Bonchev–Trinajstić information content (AvgIpc) is 2.56. The average molecular weight is 354 g/mol. The Labute approximate surface area is 143 Å². The van der Waals surface area contributed by atoms with Gasteiger partial charge in [-0.3, -0.25) is 0 Å². The van der Waals surface area contributed by atoms with Crippen LogP contribution < -0.4 is 23.7 Å². The third-order valence-corrected chi connectivity index (χ3v) is 3.12. The number of aromatic hydroxyl groups is 2. The molecule has 0 radical (unpaired) electrons. The van der Waals surface area contributed by atoms with E-state index in [-0.39, 0.29) is 17.2 Å². The molecule has 0 spiro atoms. The minimum Gasteiger partial charge on any atom is -0.504 e. The van der Waals surface area contributed by atoms with Gasteiger partial charge in [0.25, 0.3) is 0 Å². The second-order valence-electron chi connectivity index (χ2n) is 4.70. The third-order valence-electron chi connectivity index (χ3n) is 3.12. The highest BCUT2D eigenvalue weighted by Gasteiger charge is 2.18. The van der Waals surface area contributed by atoms with Crippen LogP contribution in [-0.2, 0) is 0 Å². The highest BCUT2D eigenvalue weighted by molar-refractivity contribution is 5.59. The first-order valence-electron chi connectivity index (χ1n) is 6.96. The molecular weight excluding hydrogens is 336 g/mol. The number of hydrogen-bond donors (Lipinski definition) is 4. The standard InChI is InChI=1S/C16H18O9/c1-21-12-6-9(7-13(22-2)15(12)23-3)24-14-10(17)4-8(5-11(14)18)25-16(19)20/h4-7,16-20H,1-3H3. The van der Waals surface area contributed by atoms with Gasteiger partial charge in [-0.05, 0) is 0 Å². The maximum Gasteiger partial charge on any atom is 0.310 e. The number of aliphatic hydroxyl groups is 2. The van der Waals surface area contributed by atoms with Gasteiger partial charge in [0, 0.05) is 24.3 Å². The molecule has 2 aromatic carbocycles. The zero-order chi connectivity index (χ0) is 18.6. The van der Waals surface area contributed by atoms with Gasteiger partial charge in [0.2, 0.25) is 11.5 Å². The molecule has 136 valence electrons. The molecule has 0 aliphatic heterocycles. The molecule has 0 atom stereocenters. The van der Waals surface area contributed by atoms with Crippen LogP contribution in [0.4, 0.5) is 0 Å². The van der Waals surface area contributed by atoms with Crippen LogP contribution >= 0.6 is 0 Å². The van der Waals surface area contributed by atoms with Crippen molar-refractivity contribution in [1.82, 2.24) is 0 Å². The highest BCUT2D eigenvalue weighted by atomic mass is 16.7. The monoisotopic (exact) mass is 354 g/mol. The highest BCUT2D eigenvalue weighted by Crippen LogP contribution is 2.46. The molecule has 0 aromatic heterocycles. The Bertz CT molecular complexity index is 694. The van der Waals surface area contributed by atoms with Crippen LogP contribution in [0.2, 0.25) is 0 Å². The number of rotatable bonds is 7. The van der Waals surface area contributed by atoms with Crippen molar-refractivity contribution in [2.75, 3.05) is 21.3 Å². The number of benzene rings is 2. The van der Waals surface area contributed by atoms with E-state index in [1.54, 1.807) is 0 Å². The summed E-state index contributed by atoms with van der Waals surface area (Å²) < 4.78 is 25.6. The van der Waals surface area contributed by atoms with E-state index in [2.05, 4.69) is 4.74 Å². The predicted octanol–water partition coefficient (Wildman–Crippen LogP) is 1.56. The van der Waals surface area contributed by atoms with Crippen LogP contribution in [-0.4, -0.2) is 48.2 Å². The Kier molecular flexibility index (Phi) is 5.63. The number of methoxy groups -OCH3 is 3. The van der Waals surface area contributed by atoms with Crippen molar-refractivity contribution in [3.63, 3.8) is 0 Å². The van der Waals surface area contributed by atoms with E-state index >= 15 is 0 Å². The summed E-state index contributed by atoms with van der Waals surface area (Å²) in [6, 6.07) is 5.04. The normalized spacial score (nSPS) is 10.5. The van der Waals surface area contributed by atoms with Crippen molar-refractivity contribution in [3.05, 3.63) is 24.3 Å². The smallest absolute Gasteiger partial charge is 0.310 e. The molecule has 0 unspecified atom stereocenters. The summed E-state index contributed by atoms with van der Waals surface area (Å²) in [6.07, 6.45) is 0. The molecule has 0 saturated carbocycles. The van der Waals surface area contributed by atoms with Crippen molar-refractivity contribution in [1.29, 1.82) is 0 Å². The summed E-state index contributed by atoms with van der Waals surface area (Å²) >= 11 is 0. The van der Waals surface area contributed by atoms with Gasteiger partial charge in [-0.15, -0.1) is 0 Å². The van der Waals surface area contributed by atoms with Gasteiger partial charge >= 0.3 is 6.48 Å². The molecule has 0 fully saturated rings. The van der Waals surface area contributed by atoms with Crippen molar-refractivity contribution >= 4 is 0 Å². The molecule has 9 heteroatoms. The molecule has 0 aliphatic carbocycles. The van der Waals surface area contributed by atoms with E-state index in [4.69, 9.17) is 29.2 Å². The van der Waals surface area contributed by atoms with Crippen molar-refractivity contribution < 1.29 is 44.1 Å². The molecule has 0 aliphatic rings. The lowest BCUT2D eigenvalue weighted by Crippen LogP contribution is -2.13. The van der Waals surface area contributed by atoms with Crippen molar-refractivity contribution in [3.8, 4) is 46.0 Å². The van der Waals surface area contributed by atoms with Gasteiger partial charge in [0.1, 0.15) is 11.5 Å². The van der Waals surface area contributed by atoms with Crippen LogP contribution in [0.1, 0.15) is 0 Å². The fourth-order valence-corrected chi connectivity index (χ4v) is 2.10. The first-order valence-corrected chi connectivity index (χ1v) is 6.96. The topological polar surface area (TPSA) is 127 Å². The number of hydrogen-bond acceptors (Lipinski definition) is 9. The Balaban J connectivity index is 2.39. The quantitative estimate of drug-likeness (QED) is 0.548. The van der Waals surface area contributed by atoms with Gasteiger partial charge < -0.3 is 44.1 Å². The fraction of sp³-hybridized carbons (Fsp3) is 0.250. The summed E-state index contributed by atoms with van der Waals surface area (Å²) in [5.74, 6) is -0.217. The minimum absolute atomic E-state index is 0.165. The molecule has 2 rings (SSSR count). The molecule has 0 amide bonds. The van der Waals surface area contributed by atoms with Crippen LogP contribution in [0.15, 0.2) is 24.3 Å². The molecule has 0 heterocycles. The lowest BCUT2D eigenvalue weighted by molar-refractivity contribution is -0.179. The minimum atomic E-state index is -2.10. The van der Waals surface area contributed by atoms with Gasteiger partial charge in [0.15, 0.2) is 23.0 Å². The SMILES string of the molecule is COc1cc(Oc2c(O)cc(OC(O)O)cc2O)cc(OC)c1OC. The second kappa shape index (κ2) is 7.69. The molecule has 0 bridgehead atoms. The van der Waals surface area contributed by atoms with E-state index in [9.17, 15) is 10.2 Å². The summed E-state index contributed by atoms with van der Waals surface area (Å²) in [5.41, 5.74) is 0. The van der Waals surface area contributed by atoms with Gasteiger partial charge in [0.05, 0.1) is 21.3 Å². The van der Waals surface area contributed by atoms with E-state index in [0.29, 0.717) is 17.2 Å². The predicted molar refractivity (Wildman–Crippen MR) is 84.8 cm³/mol. The largest absolute Gasteiger partial charge is 0.504 e. The first kappa shape index (κ1) is 18.3. The van der Waals surface area contributed by atoms with Crippen LogP contribution in [0.3, 0.4) is 0 Å². The maximum atomic E-state index is 9.98. The number of phenolic OH excluding ortho intramolecular Hbond substituents is 2. The van der Waals surface area contributed by atoms with Gasteiger partial charge in [-0.2, -0.15) is 0 Å². The second-order valence-corrected chi connectivity index (χ2v) is 4.70. The fourth-order valence-electron chi connectivity index (χ4n) is 2.10. The Hall–Kier alpha value is -3.04. The van der Waals surface area contributed by atoms with Crippen molar-refractivity contribution in [2.24, 2.45) is 0 Å². The first-order chi connectivity index (χ1) is 11.9.